The summed E-state index contributed by atoms with van der Waals surface area (Å²) in [7, 11) is 0. The smallest absolute Gasteiger partial charge is 0.410 e. The second-order valence-electron chi connectivity index (χ2n) is 5.24. The number of carbonyl (C=O) groups excluding carboxylic acids is 1. The van der Waals surface area contributed by atoms with E-state index in [-0.39, 0.29) is 12.7 Å². The largest absolute Gasteiger partial charge is 0.445 e. The maximum atomic E-state index is 12.2. The molecule has 1 aliphatic rings. The molecule has 3 rings (SSSR count). The van der Waals surface area contributed by atoms with Gasteiger partial charge in [-0.05, 0) is 35.2 Å². The summed E-state index contributed by atoms with van der Waals surface area (Å²) in [4.78, 5) is 13.9. The number of hydrogen-bond acceptors (Lipinski definition) is 2. The van der Waals surface area contributed by atoms with Gasteiger partial charge in [0, 0.05) is 16.0 Å². The summed E-state index contributed by atoms with van der Waals surface area (Å²) in [5.41, 5.74) is 3.18. The highest BCUT2D eigenvalue weighted by Crippen LogP contribution is 2.30. The fourth-order valence-corrected chi connectivity index (χ4v) is 3.48. The van der Waals surface area contributed by atoms with E-state index in [0.29, 0.717) is 18.1 Å². The topological polar surface area (TPSA) is 29.5 Å². The molecule has 0 saturated heterocycles. The van der Waals surface area contributed by atoms with Gasteiger partial charge < -0.3 is 9.64 Å². The van der Waals surface area contributed by atoms with Gasteiger partial charge in [0.2, 0.25) is 0 Å². The average Bonchev–Trinajstić information content (AvgIpc) is 2.53. The molecule has 0 aromatic heterocycles. The quantitative estimate of drug-likeness (QED) is 0.749. The lowest BCUT2D eigenvalue weighted by Crippen LogP contribution is -2.36. The number of rotatable bonds is 2. The first-order chi connectivity index (χ1) is 10.6. The van der Waals surface area contributed by atoms with E-state index < -0.39 is 0 Å². The lowest BCUT2D eigenvalue weighted by molar-refractivity contribution is 0.0919. The molecule has 1 amide bonds. The summed E-state index contributed by atoms with van der Waals surface area (Å²) in [6, 6.07) is 13.6. The minimum absolute atomic E-state index is 0.289. The Balaban J connectivity index is 1.65. The number of amides is 1. The Morgan fingerprint density at radius 2 is 2.05 bits per heavy atom. The van der Waals surface area contributed by atoms with E-state index in [1.807, 2.05) is 36.4 Å². The zero-order chi connectivity index (χ0) is 15.5. The molecule has 1 aliphatic heterocycles. The van der Waals surface area contributed by atoms with Crippen molar-refractivity contribution in [3.05, 3.63) is 68.7 Å². The Hall–Kier alpha value is -1.52. The summed E-state index contributed by atoms with van der Waals surface area (Å²) in [6.07, 6.45) is 0.489. The van der Waals surface area contributed by atoms with Crippen molar-refractivity contribution in [1.82, 2.24) is 4.90 Å². The number of carbonyl (C=O) groups is 1. The summed E-state index contributed by atoms with van der Waals surface area (Å²) >= 11 is 9.73. The summed E-state index contributed by atoms with van der Waals surface area (Å²) in [5, 5.41) is 0.685. The van der Waals surface area contributed by atoms with Crippen LogP contribution in [0.15, 0.2) is 46.9 Å². The molecule has 0 bridgehead atoms. The van der Waals surface area contributed by atoms with E-state index in [1.165, 1.54) is 5.56 Å². The summed E-state index contributed by atoms with van der Waals surface area (Å²) < 4.78 is 6.35. The second-order valence-corrected chi connectivity index (χ2v) is 6.56. The molecular formula is C17H15BrClNO2. The van der Waals surface area contributed by atoms with Crippen LogP contribution in [0.3, 0.4) is 0 Å². The van der Waals surface area contributed by atoms with Crippen molar-refractivity contribution < 1.29 is 9.53 Å². The van der Waals surface area contributed by atoms with Crippen LogP contribution in [0.2, 0.25) is 5.02 Å². The molecule has 114 valence electrons. The molecule has 5 heteroatoms. The number of halogens is 2. The van der Waals surface area contributed by atoms with Gasteiger partial charge in [-0.15, -0.1) is 0 Å². The molecule has 0 saturated carbocycles. The SMILES string of the molecule is O=C(OCc1ccccc1)N1CCc2cc(Br)cc(Cl)c2C1. The minimum Gasteiger partial charge on any atom is -0.445 e. The standard InChI is InChI=1S/C17H15BrClNO2/c18-14-8-13-6-7-20(10-15(13)16(19)9-14)17(21)22-11-12-4-2-1-3-5-12/h1-5,8-9H,6-7,10-11H2. The molecule has 2 aromatic rings. The van der Waals surface area contributed by atoms with E-state index >= 15 is 0 Å². The first-order valence-corrected chi connectivity index (χ1v) is 8.23. The number of nitrogens with zero attached hydrogens (tertiary/aromatic N) is 1. The molecule has 0 spiro atoms. The van der Waals surface area contributed by atoms with Gasteiger partial charge in [-0.1, -0.05) is 57.9 Å². The average molecular weight is 381 g/mol. The van der Waals surface area contributed by atoms with Gasteiger partial charge in [-0.2, -0.15) is 0 Å². The highest BCUT2D eigenvalue weighted by atomic mass is 79.9. The highest BCUT2D eigenvalue weighted by Gasteiger charge is 2.23. The van der Waals surface area contributed by atoms with Crippen molar-refractivity contribution in [3.63, 3.8) is 0 Å². The van der Waals surface area contributed by atoms with Crippen LogP contribution in [-0.4, -0.2) is 17.5 Å². The highest BCUT2D eigenvalue weighted by molar-refractivity contribution is 9.10. The maximum Gasteiger partial charge on any atom is 0.410 e. The monoisotopic (exact) mass is 379 g/mol. The van der Waals surface area contributed by atoms with Gasteiger partial charge in [-0.25, -0.2) is 4.79 Å². The molecule has 0 radical (unpaired) electrons. The molecule has 3 nitrogen and oxygen atoms in total. The molecular weight excluding hydrogens is 366 g/mol. The molecule has 0 N–H and O–H groups in total. The van der Waals surface area contributed by atoms with Crippen LogP contribution in [0.4, 0.5) is 4.79 Å². The lowest BCUT2D eigenvalue weighted by atomic mass is 10.0. The Morgan fingerprint density at radius 3 is 2.82 bits per heavy atom. The van der Waals surface area contributed by atoms with E-state index in [1.54, 1.807) is 4.90 Å². The van der Waals surface area contributed by atoms with Crippen molar-refractivity contribution in [2.45, 2.75) is 19.6 Å². The zero-order valence-corrected chi connectivity index (χ0v) is 14.2. The molecule has 22 heavy (non-hydrogen) atoms. The number of benzene rings is 2. The predicted molar refractivity (Wildman–Crippen MR) is 89.9 cm³/mol. The van der Waals surface area contributed by atoms with Crippen LogP contribution in [0, 0.1) is 0 Å². The van der Waals surface area contributed by atoms with E-state index in [0.717, 1.165) is 22.0 Å². The fraction of sp³-hybridized carbons (Fsp3) is 0.235. The van der Waals surface area contributed by atoms with E-state index in [2.05, 4.69) is 22.0 Å². The van der Waals surface area contributed by atoms with E-state index in [9.17, 15) is 4.79 Å². The van der Waals surface area contributed by atoms with Gasteiger partial charge in [-0.3, -0.25) is 0 Å². The molecule has 0 aliphatic carbocycles. The van der Waals surface area contributed by atoms with E-state index in [4.69, 9.17) is 16.3 Å². The summed E-state index contributed by atoms with van der Waals surface area (Å²) in [5.74, 6) is 0. The lowest BCUT2D eigenvalue weighted by Gasteiger charge is -2.29. The van der Waals surface area contributed by atoms with Crippen molar-refractivity contribution >= 4 is 33.6 Å². The van der Waals surface area contributed by atoms with Gasteiger partial charge in [0.25, 0.3) is 0 Å². The Bertz CT molecular complexity index is 691. The van der Waals surface area contributed by atoms with Crippen molar-refractivity contribution in [2.75, 3.05) is 6.54 Å². The van der Waals surface area contributed by atoms with Gasteiger partial charge in [0.05, 0.1) is 6.54 Å². The third-order valence-corrected chi connectivity index (χ3v) is 4.51. The third kappa shape index (κ3) is 3.45. The molecule has 1 heterocycles. The second kappa shape index (κ2) is 6.71. The minimum atomic E-state index is -0.298. The first-order valence-electron chi connectivity index (χ1n) is 7.06. The molecule has 0 fully saturated rings. The van der Waals surface area contributed by atoms with Gasteiger partial charge in [0.1, 0.15) is 6.61 Å². The zero-order valence-electron chi connectivity index (χ0n) is 11.9. The number of fused-ring (bicyclic) bond motifs is 1. The molecule has 0 unspecified atom stereocenters. The summed E-state index contributed by atoms with van der Waals surface area (Å²) in [6.45, 7) is 1.43. The van der Waals surface area contributed by atoms with Crippen LogP contribution >= 0.6 is 27.5 Å². The Kier molecular flexibility index (Phi) is 4.69. The maximum absolute atomic E-state index is 12.2. The fourth-order valence-electron chi connectivity index (χ4n) is 2.55. The van der Waals surface area contributed by atoms with Crippen molar-refractivity contribution in [1.29, 1.82) is 0 Å². The Labute approximate surface area is 143 Å². The normalized spacial score (nSPS) is 13.6. The van der Waals surface area contributed by atoms with Gasteiger partial charge >= 0.3 is 6.09 Å². The van der Waals surface area contributed by atoms with Crippen LogP contribution in [0.1, 0.15) is 16.7 Å². The predicted octanol–water partition coefficient (Wildman–Crippen LogP) is 4.80. The number of hydrogen-bond donors (Lipinski definition) is 0. The van der Waals surface area contributed by atoms with Gasteiger partial charge in [0.15, 0.2) is 0 Å². The molecule has 2 aromatic carbocycles. The van der Waals surface area contributed by atoms with Crippen LogP contribution in [-0.2, 0) is 24.3 Å². The van der Waals surface area contributed by atoms with Crippen LogP contribution < -0.4 is 0 Å². The molecule has 0 atom stereocenters. The Morgan fingerprint density at radius 1 is 1.27 bits per heavy atom. The third-order valence-electron chi connectivity index (χ3n) is 3.72. The van der Waals surface area contributed by atoms with Crippen molar-refractivity contribution in [3.8, 4) is 0 Å². The first kappa shape index (κ1) is 15.4. The van der Waals surface area contributed by atoms with Crippen LogP contribution in [0.25, 0.3) is 0 Å². The van der Waals surface area contributed by atoms with Crippen molar-refractivity contribution in [2.24, 2.45) is 0 Å². The van der Waals surface area contributed by atoms with Crippen LogP contribution in [0.5, 0.6) is 0 Å². The number of ether oxygens (including phenoxy) is 1.